The Morgan fingerprint density at radius 1 is 1.46 bits per heavy atom. The number of ketones is 1. The molecular formula is C11H13NO. The third-order valence-electron chi connectivity index (χ3n) is 1.80. The van der Waals surface area contributed by atoms with Gasteiger partial charge in [0.2, 0.25) is 0 Å². The van der Waals surface area contributed by atoms with Crippen molar-refractivity contribution in [2.45, 2.75) is 13.8 Å². The van der Waals surface area contributed by atoms with E-state index in [0.29, 0.717) is 0 Å². The Hall–Kier alpha value is -1.57. The zero-order valence-corrected chi connectivity index (χ0v) is 7.87. The number of allylic oxidation sites excluding steroid dienone is 1. The SMILES string of the molecule is CC(=O)/C=C/c1ccc(N)c(C)c1. The standard InChI is InChI=1S/C11H13NO/c1-8-7-10(4-3-9(2)13)5-6-11(8)12/h3-7H,12H2,1-2H3/b4-3+. The lowest BCUT2D eigenvalue weighted by atomic mass is 10.1. The molecule has 0 saturated heterocycles. The summed E-state index contributed by atoms with van der Waals surface area (Å²) in [5, 5.41) is 0. The van der Waals surface area contributed by atoms with Gasteiger partial charge in [0.25, 0.3) is 0 Å². The van der Waals surface area contributed by atoms with Crippen LogP contribution in [0, 0.1) is 6.92 Å². The highest BCUT2D eigenvalue weighted by Gasteiger charge is 1.93. The summed E-state index contributed by atoms with van der Waals surface area (Å²) in [5.41, 5.74) is 8.47. The molecular weight excluding hydrogens is 162 g/mol. The van der Waals surface area contributed by atoms with Gasteiger partial charge in [-0.05, 0) is 43.2 Å². The molecule has 2 N–H and O–H groups in total. The second-order valence-electron chi connectivity index (χ2n) is 3.06. The van der Waals surface area contributed by atoms with Gasteiger partial charge in [-0.3, -0.25) is 4.79 Å². The Kier molecular flexibility index (Phi) is 2.85. The molecule has 0 radical (unpaired) electrons. The van der Waals surface area contributed by atoms with Gasteiger partial charge in [0.15, 0.2) is 5.78 Å². The summed E-state index contributed by atoms with van der Waals surface area (Å²) in [5.74, 6) is 0.0504. The van der Waals surface area contributed by atoms with E-state index in [4.69, 9.17) is 5.73 Å². The van der Waals surface area contributed by atoms with Crippen LogP contribution in [0.4, 0.5) is 5.69 Å². The lowest BCUT2D eigenvalue weighted by molar-refractivity contribution is -0.112. The first-order valence-corrected chi connectivity index (χ1v) is 4.14. The third-order valence-corrected chi connectivity index (χ3v) is 1.80. The van der Waals surface area contributed by atoms with Crippen molar-refractivity contribution in [2.24, 2.45) is 0 Å². The number of hydrogen-bond acceptors (Lipinski definition) is 2. The monoisotopic (exact) mass is 175 g/mol. The molecule has 1 aromatic rings. The predicted molar refractivity (Wildman–Crippen MR) is 55.3 cm³/mol. The Bertz CT molecular complexity index is 353. The van der Waals surface area contributed by atoms with Gasteiger partial charge in [0.05, 0.1) is 0 Å². The molecule has 0 bridgehead atoms. The van der Waals surface area contributed by atoms with E-state index in [2.05, 4.69) is 0 Å². The van der Waals surface area contributed by atoms with Crippen LogP contribution in [0.3, 0.4) is 0 Å². The average Bonchev–Trinajstić information content (AvgIpc) is 2.07. The summed E-state index contributed by atoms with van der Waals surface area (Å²) >= 11 is 0. The molecule has 0 saturated carbocycles. The first-order valence-electron chi connectivity index (χ1n) is 4.14. The molecule has 0 aliphatic rings. The molecule has 0 unspecified atom stereocenters. The van der Waals surface area contributed by atoms with E-state index < -0.39 is 0 Å². The molecule has 0 aromatic heterocycles. The zero-order chi connectivity index (χ0) is 9.84. The fourth-order valence-electron chi connectivity index (χ4n) is 1.02. The molecule has 2 nitrogen and oxygen atoms in total. The fraction of sp³-hybridized carbons (Fsp3) is 0.182. The van der Waals surface area contributed by atoms with Crippen molar-refractivity contribution in [3.05, 3.63) is 35.4 Å². The molecule has 68 valence electrons. The molecule has 1 aromatic carbocycles. The van der Waals surface area contributed by atoms with Gasteiger partial charge < -0.3 is 5.73 Å². The van der Waals surface area contributed by atoms with Crippen LogP contribution in [0.15, 0.2) is 24.3 Å². The maximum absolute atomic E-state index is 10.7. The maximum Gasteiger partial charge on any atom is 0.152 e. The number of hydrogen-bond donors (Lipinski definition) is 1. The molecule has 1 rings (SSSR count). The molecule has 0 atom stereocenters. The first-order chi connectivity index (χ1) is 6.09. The Balaban J connectivity index is 2.92. The van der Waals surface area contributed by atoms with Gasteiger partial charge >= 0.3 is 0 Å². The number of carbonyl (C=O) groups excluding carboxylic acids is 1. The summed E-state index contributed by atoms with van der Waals surface area (Å²) in [4.78, 5) is 10.7. The van der Waals surface area contributed by atoms with Crippen molar-refractivity contribution >= 4 is 17.5 Å². The number of aryl methyl sites for hydroxylation is 1. The van der Waals surface area contributed by atoms with Crippen molar-refractivity contribution in [1.82, 2.24) is 0 Å². The van der Waals surface area contributed by atoms with Crippen molar-refractivity contribution < 1.29 is 4.79 Å². The van der Waals surface area contributed by atoms with Crippen LogP contribution in [-0.4, -0.2) is 5.78 Å². The van der Waals surface area contributed by atoms with Crippen LogP contribution in [0.25, 0.3) is 6.08 Å². The normalized spacial score (nSPS) is 10.6. The summed E-state index contributed by atoms with van der Waals surface area (Å²) in [7, 11) is 0. The molecule has 13 heavy (non-hydrogen) atoms. The van der Waals surface area contributed by atoms with Crippen LogP contribution < -0.4 is 5.73 Å². The van der Waals surface area contributed by atoms with Crippen LogP contribution in [0.5, 0.6) is 0 Å². The van der Waals surface area contributed by atoms with E-state index in [1.54, 1.807) is 12.2 Å². The van der Waals surface area contributed by atoms with Gasteiger partial charge in [-0.1, -0.05) is 12.1 Å². The van der Waals surface area contributed by atoms with Crippen LogP contribution in [-0.2, 0) is 4.79 Å². The summed E-state index contributed by atoms with van der Waals surface area (Å²) in [6.07, 6.45) is 3.33. The van der Waals surface area contributed by atoms with E-state index in [1.165, 1.54) is 6.92 Å². The first kappa shape index (κ1) is 9.52. The van der Waals surface area contributed by atoms with E-state index in [1.807, 2.05) is 25.1 Å². The van der Waals surface area contributed by atoms with Gasteiger partial charge in [0.1, 0.15) is 0 Å². The van der Waals surface area contributed by atoms with Crippen molar-refractivity contribution in [2.75, 3.05) is 5.73 Å². The second kappa shape index (κ2) is 3.90. The van der Waals surface area contributed by atoms with Crippen LogP contribution >= 0.6 is 0 Å². The Morgan fingerprint density at radius 3 is 2.69 bits per heavy atom. The minimum absolute atomic E-state index is 0.0504. The number of nitrogen functional groups attached to an aromatic ring is 1. The lowest BCUT2D eigenvalue weighted by Gasteiger charge is -1.99. The van der Waals surface area contributed by atoms with Gasteiger partial charge in [-0.2, -0.15) is 0 Å². The van der Waals surface area contributed by atoms with Crippen LogP contribution in [0.2, 0.25) is 0 Å². The zero-order valence-electron chi connectivity index (χ0n) is 7.87. The second-order valence-corrected chi connectivity index (χ2v) is 3.06. The number of nitrogens with two attached hydrogens (primary N) is 1. The van der Waals surface area contributed by atoms with Crippen molar-refractivity contribution in [3.8, 4) is 0 Å². The molecule has 0 aliphatic carbocycles. The lowest BCUT2D eigenvalue weighted by Crippen LogP contribution is -1.89. The topological polar surface area (TPSA) is 43.1 Å². The number of rotatable bonds is 2. The minimum atomic E-state index is 0.0504. The van der Waals surface area contributed by atoms with Crippen molar-refractivity contribution in [1.29, 1.82) is 0 Å². The quantitative estimate of drug-likeness (QED) is 0.553. The highest BCUT2D eigenvalue weighted by Crippen LogP contribution is 2.13. The van der Waals surface area contributed by atoms with Gasteiger partial charge in [-0.25, -0.2) is 0 Å². The molecule has 0 fully saturated rings. The van der Waals surface area contributed by atoms with E-state index >= 15 is 0 Å². The van der Waals surface area contributed by atoms with E-state index in [9.17, 15) is 4.79 Å². The summed E-state index contributed by atoms with van der Waals surface area (Å²) < 4.78 is 0. The highest BCUT2D eigenvalue weighted by molar-refractivity contribution is 5.91. The van der Waals surface area contributed by atoms with Crippen LogP contribution in [0.1, 0.15) is 18.1 Å². The molecule has 0 amide bonds. The van der Waals surface area contributed by atoms with E-state index in [-0.39, 0.29) is 5.78 Å². The largest absolute Gasteiger partial charge is 0.399 e. The number of benzene rings is 1. The average molecular weight is 175 g/mol. The molecule has 0 spiro atoms. The molecule has 2 heteroatoms. The van der Waals surface area contributed by atoms with Gasteiger partial charge in [0, 0.05) is 5.69 Å². The smallest absolute Gasteiger partial charge is 0.152 e. The maximum atomic E-state index is 10.7. The number of carbonyl (C=O) groups is 1. The summed E-state index contributed by atoms with van der Waals surface area (Å²) in [6, 6.07) is 5.69. The third kappa shape index (κ3) is 2.75. The molecule has 0 aliphatic heterocycles. The molecule has 0 heterocycles. The van der Waals surface area contributed by atoms with Gasteiger partial charge in [-0.15, -0.1) is 0 Å². The van der Waals surface area contributed by atoms with E-state index in [0.717, 1.165) is 16.8 Å². The van der Waals surface area contributed by atoms with Crippen molar-refractivity contribution in [3.63, 3.8) is 0 Å². The Labute approximate surface area is 78.1 Å². The number of anilines is 1. The predicted octanol–water partition coefficient (Wildman–Crippen LogP) is 2.18. The fourth-order valence-corrected chi connectivity index (χ4v) is 1.02. The Morgan fingerprint density at radius 2 is 2.15 bits per heavy atom. The minimum Gasteiger partial charge on any atom is -0.399 e. The summed E-state index contributed by atoms with van der Waals surface area (Å²) in [6.45, 7) is 3.47. The highest BCUT2D eigenvalue weighted by atomic mass is 16.1.